The highest BCUT2D eigenvalue weighted by Gasteiger charge is 2.32. The fourth-order valence-electron chi connectivity index (χ4n) is 2.78. The zero-order valence-electron chi connectivity index (χ0n) is 12.6. The highest BCUT2D eigenvalue weighted by Crippen LogP contribution is 2.27. The van der Waals surface area contributed by atoms with Crippen molar-refractivity contribution in [3.8, 4) is 5.75 Å². The van der Waals surface area contributed by atoms with E-state index in [0.29, 0.717) is 25.0 Å². The summed E-state index contributed by atoms with van der Waals surface area (Å²) in [6.07, 6.45) is 1.76. The Morgan fingerprint density at radius 3 is 2.42 bits per heavy atom. The van der Waals surface area contributed by atoms with Crippen molar-refractivity contribution in [3.63, 3.8) is 0 Å². The van der Waals surface area contributed by atoms with Gasteiger partial charge in [-0.2, -0.15) is 8.78 Å². The minimum atomic E-state index is -3.24. The molecular weight excluding hydrogens is 332 g/mol. The van der Waals surface area contributed by atoms with Crippen LogP contribution in [-0.2, 0) is 4.79 Å². The zero-order valence-corrected chi connectivity index (χ0v) is 12.6. The van der Waals surface area contributed by atoms with Gasteiger partial charge in [-0.05, 0) is 19.3 Å². The van der Waals surface area contributed by atoms with Crippen LogP contribution in [0.1, 0.15) is 36.0 Å². The van der Waals surface area contributed by atoms with Crippen LogP contribution in [0.4, 0.5) is 17.6 Å². The average molecular weight is 348 g/mol. The molecule has 2 rings (SSSR count). The van der Waals surface area contributed by atoms with Crippen LogP contribution in [0.5, 0.6) is 5.75 Å². The number of nitrogens with zero attached hydrogens (tertiary/aromatic N) is 1. The normalized spacial score (nSPS) is 17.9. The maximum atomic E-state index is 14.1. The SMILES string of the molecule is NC(=O)CC1CCCCN1C(=O)c1c(F)cc(OC(F)F)cc1F. The molecule has 2 N–H and O–H groups in total. The Morgan fingerprint density at radius 1 is 1.25 bits per heavy atom. The number of amides is 2. The van der Waals surface area contributed by atoms with Crippen LogP contribution >= 0.6 is 0 Å². The van der Waals surface area contributed by atoms with Gasteiger partial charge in [-0.15, -0.1) is 0 Å². The van der Waals surface area contributed by atoms with Crippen LogP contribution in [0.3, 0.4) is 0 Å². The summed E-state index contributed by atoms with van der Waals surface area (Å²) in [5, 5.41) is 0. The molecule has 9 heteroatoms. The molecule has 1 aliphatic heterocycles. The predicted molar refractivity (Wildman–Crippen MR) is 75.5 cm³/mol. The number of hydrogen-bond acceptors (Lipinski definition) is 3. The molecule has 1 unspecified atom stereocenters. The van der Waals surface area contributed by atoms with E-state index in [9.17, 15) is 27.2 Å². The second-order valence-corrected chi connectivity index (χ2v) is 5.46. The quantitative estimate of drug-likeness (QED) is 0.831. The number of carbonyl (C=O) groups is 2. The lowest BCUT2D eigenvalue weighted by atomic mass is 9.97. The number of alkyl halides is 2. The molecule has 5 nitrogen and oxygen atoms in total. The molecule has 0 bridgehead atoms. The Labute approximate surface area is 135 Å². The molecule has 24 heavy (non-hydrogen) atoms. The zero-order chi connectivity index (χ0) is 17.9. The highest BCUT2D eigenvalue weighted by molar-refractivity contribution is 5.95. The van der Waals surface area contributed by atoms with Gasteiger partial charge in [-0.1, -0.05) is 0 Å². The summed E-state index contributed by atoms with van der Waals surface area (Å²) >= 11 is 0. The summed E-state index contributed by atoms with van der Waals surface area (Å²) in [4.78, 5) is 24.8. The van der Waals surface area contributed by atoms with Gasteiger partial charge in [-0.3, -0.25) is 9.59 Å². The number of ether oxygens (including phenoxy) is 1. The molecule has 132 valence electrons. The van der Waals surface area contributed by atoms with Crippen molar-refractivity contribution < 1.29 is 31.9 Å². The third kappa shape index (κ3) is 4.15. The second-order valence-electron chi connectivity index (χ2n) is 5.46. The van der Waals surface area contributed by atoms with Gasteiger partial charge in [-0.25, -0.2) is 8.78 Å². The molecule has 0 aliphatic carbocycles. The summed E-state index contributed by atoms with van der Waals surface area (Å²) in [6.45, 7) is -3.02. The minimum absolute atomic E-state index is 0.110. The third-order valence-corrected chi connectivity index (χ3v) is 3.78. The van der Waals surface area contributed by atoms with Gasteiger partial charge < -0.3 is 15.4 Å². The Hall–Kier alpha value is -2.32. The van der Waals surface area contributed by atoms with Crippen molar-refractivity contribution in [1.29, 1.82) is 0 Å². The van der Waals surface area contributed by atoms with Crippen LogP contribution in [-0.4, -0.2) is 35.9 Å². The molecular formula is C15H16F4N2O3. The molecule has 1 aliphatic rings. The Kier molecular flexibility index (Phi) is 5.63. The first kappa shape index (κ1) is 18.0. The number of rotatable bonds is 5. The molecule has 1 atom stereocenters. The highest BCUT2D eigenvalue weighted by atomic mass is 19.3. The Bertz CT molecular complexity index is 616. The van der Waals surface area contributed by atoms with Crippen LogP contribution in [0, 0.1) is 11.6 Å². The first-order valence-electron chi connectivity index (χ1n) is 7.32. The van der Waals surface area contributed by atoms with Crippen LogP contribution in [0.15, 0.2) is 12.1 Å². The molecule has 0 saturated carbocycles. The van der Waals surface area contributed by atoms with E-state index in [0.717, 1.165) is 6.42 Å². The van der Waals surface area contributed by atoms with E-state index in [1.165, 1.54) is 4.90 Å². The lowest BCUT2D eigenvalue weighted by Gasteiger charge is -2.35. The van der Waals surface area contributed by atoms with Gasteiger partial charge >= 0.3 is 6.61 Å². The van der Waals surface area contributed by atoms with Crippen LogP contribution in [0.2, 0.25) is 0 Å². The van der Waals surface area contributed by atoms with Crippen molar-refractivity contribution in [2.45, 2.75) is 38.3 Å². The second kappa shape index (κ2) is 7.50. The fourth-order valence-corrected chi connectivity index (χ4v) is 2.78. The van der Waals surface area contributed by atoms with Crippen molar-refractivity contribution in [3.05, 3.63) is 29.3 Å². The molecule has 1 aromatic rings. The summed E-state index contributed by atoms with van der Waals surface area (Å²) in [5.41, 5.74) is 4.27. The van der Waals surface area contributed by atoms with Crippen LogP contribution in [0.25, 0.3) is 0 Å². The molecule has 1 fully saturated rings. The maximum Gasteiger partial charge on any atom is 0.387 e. The summed E-state index contributed by atoms with van der Waals surface area (Å²) in [5.74, 6) is -4.90. The van der Waals surface area contributed by atoms with Crippen molar-refractivity contribution in [1.82, 2.24) is 4.90 Å². The molecule has 0 aromatic heterocycles. The minimum Gasteiger partial charge on any atom is -0.435 e. The monoisotopic (exact) mass is 348 g/mol. The van der Waals surface area contributed by atoms with E-state index in [1.54, 1.807) is 0 Å². The average Bonchev–Trinajstić information content (AvgIpc) is 2.45. The van der Waals surface area contributed by atoms with Crippen molar-refractivity contribution in [2.24, 2.45) is 5.73 Å². The number of likely N-dealkylation sites (tertiary alicyclic amines) is 1. The van der Waals surface area contributed by atoms with E-state index in [-0.39, 0.29) is 13.0 Å². The summed E-state index contributed by atoms with van der Waals surface area (Å²) < 4.78 is 56.3. The lowest BCUT2D eigenvalue weighted by Crippen LogP contribution is -2.46. The molecule has 0 radical (unpaired) electrons. The van der Waals surface area contributed by atoms with Gasteiger partial charge in [0.05, 0.1) is 0 Å². The van der Waals surface area contributed by atoms with Gasteiger partial charge in [0.1, 0.15) is 22.9 Å². The Morgan fingerprint density at radius 2 is 1.88 bits per heavy atom. The molecule has 1 aromatic carbocycles. The topological polar surface area (TPSA) is 72.6 Å². The van der Waals surface area contributed by atoms with Gasteiger partial charge in [0.2, 0.25) is 5.91 Å². The first-order chi connectivity index (χ1) is 11.3. The molecule has 0 spiro atoms. The number of hydrogen-bond donors (Lipinski definition) is 1. The van der Waals surface area contributed by atoms with Gasteiger partial charge in [0.25, 0.3) is 5.91 Å². The predicted octanol–water partition coefficient (Wildman–Crippen LogP) is 2.44. The molecule has 1 heterocycles. The fraction of sp³-hybridized carbons (Fsp3) is 0.467. The first-order valence-corrected chi connectivity index (χ1v) is 7.32. The van der Waals surface area contributed by atoms with E-state index in [4.69, 9.17) is 5.73 Å². The summed E-state index contributed by atoms with van der Waals surface area (Å²) in [6, 6.07) is 0.505. The smallest absolute Gasteiger partial charge is 0.387 e. The van der Waals surface area contributed by atoms with E-state index in [2.05, 4.69) is 4.74 Å². The lowest BCUT2D eigenvalue weighted by molar-refractivity contribution is -0.119. The van der Waals surface area contributed by atoms with Gasteiger partial charge in [0, 0.05) is 31.1 Å². The van der Waals surface area contributed by atoms with E-state index < -0.39 is 47.4 Å². The number of halogens is 4. The maximum absolute atomic E-state index is 14.1. The summed E-state index contributed by atoms with van der Waals surface area (Å²) in [7, 11) is 0. The van der Waals surface area contributed by atoms with E-state index >= 15 is 0 Å². The van der Waals surface area contributed by atoms with Crippen molar-refractivity contribution >= 4 is 11.8 Å². The Balaban J connectivity index is 2.29. The number of primary amides is 1. The number of nitrogens with two attached hydrogens (primary N) is 1. The molecule has 1 saturated heterocycles. The third-order valence-electron chi connectivity index (χ3n) is 3.78. The number of benzene rings is 1. The largest absolute Gasteiger partial charge is 0.435 e. The van der Waals surface area contributed by atoms with E-state index in [1.807, 2.05) is 0 Å². The molecule has 2 amide bonds. The van der Waals surface area contributed by atoms with Crippen molar-refractivity contribution in [2.75, 3.05) is 6.54 Å². The van der Waals surface area contributed by atoms with Gasteiger partial charge in [0.15, 0.2) is 0 Å². The number of piperidine rings is 1. The number of carbonyl (C=O) groups excluding carboxylic acids is 2. The van der Waals surface area contributed by atoms with Crippen LogP contribution < -0.4 is 10.5 Å². The standard InChI is InChI=1S/C15H16F4N2O3/c16-10-6-9(24-15(18)19)7-11(17)13(10)14(23)21-4-2-1-3-8(21)5-12(20)22/h6-8,15H,1-5H2,(H2,20,22).